The molecular weight excluding hydrogens is 322 g/mol. The summed E-state index contributed by atoms with van der Waals surface area (Å²) < 4.78 is 10.1. The van der Waals surface area contributed by atoms with Crippen LogP contribution in [0.2, 0.25) is 0 Å². The summed E-state index contributed by atoms with van der Waals surface area (Å²) in [5, 5.41) is 2.64. The van der Waals surface area contributed by atoms with Crippen molar-refractivity contribution in [1.82, 2.24) is 10.3 Å². The van der Waals surface area contributed by atoms with Gasteiger partial charge in [0.1, 0.15) is 12.3 Å². The molecule has 1 aromatic carbocycles. The molecular formula is C18H23N3O4. The van der Waals surface area contributed by atoms with Gasteiger partial charge in [-0.05, 0) is 11.5 Å². The largest absolute Gasteiger partial charge is 0.467 e. The molecule has 1 amide bonds. The minimum atomic E-state index is -0.821. The van der Waals surface area contributed by atoms with Crippen LogP contribution in [0.1, 0.15) is 41.8 Å². The number of hydrogen-bond donors (Lipinski definition) is 2. The fraction of sp³-hybridized carbons (Fsp3) is 0.389. The van der Waals surface area contributed by atoms with E-state index >= 15 is 0 Å². The summed E-state index contributed by atoms with van der Waals surface area (Å²) in [5.41, 5.74) is 6.94. The number of nitrogens with two attached hydrogens (primary N) is 1. The van der Waals surface area contributed by atoms with E-state index in [9.17, 15) is 9.59 Å². The average molecular weight is 345 g/mol. The van der Waals surface area contributed by atoms with E-state index in [0.29, 0.717) is 6.42 Å². The van der Waals surface area contributed by atoms with E-state index in [0.717, 1.165) is 5.56 Å². The molecule has 3 N–H and O–H groups in total. The van der Waals surface area contributed by atoms with Crippen LogP contribution in [0.25, 0.3) is 0 Å². The lowest BCUT2D eigenvalue weighted by Crippen LogP contribution is -2.43. The predicted octanol–water partition coefficient (Wildman–Crippen LogP) is 1.84. The molecule has 0 radical (unpaired) electrons. The van der Waals surface area contributed by atoms with Crippen LogP contribution in [0.5, 0.6) is 0 Å². The number of nitrogens with zero attached hydrogens (tertiary/aromatic N) is 1. The highest BCUT2D eigenvalue weighted by molar-refractivity contribution is 5.95. The smallest absolute Gasteiger partial charge is 0.328 e. The first-order chi connectivity index (χ1) is 11.9. The monoisotopic (exact) mass is 345 g/mol. The van der Waals surface area contributed by atoms with Crippen molar-refractivity contribution in [3.8, 4) is 0 Å². The first-order valence-electron chi connectivity index (χ1n) is 8.06. The van der Waals surface area contributed by atoms with E-state index in [2.05, 4.69) is 10.3 Å². The van der Waals surface area contributed by atoms with Gasteiger partial charge in [-0.2, -0.15) is 0 Å². The molecule has 0 aliphatic heterocycles. The topological polar surface area (TPSA) is 107 Å². The Morgan fingerprint density at radius 3 is 2.56 bits per heavy atom. The molecule has 0 spiro atoms. The molecule has 0 saturated heterocycles. The minimum Gasteiger partial charge on any atom is -0.467 e. The number of nitrogens with one attached hydrogen (secondary N) is 1. The van der Waals surface area contributed by atoms with Crippen molar-refractivity contribution in [2.45, 2.75) is 32.4 Å². The second-order valence-electron chi connectivity index (χ2n) is 6.08. The van der Waals surface area contributed by atoms with Crippen LogP contribution < -0.4 is 11.1 Å². The highest BCUT2D eigenvalue weighted by atomic mass is 16.5. The molecule has 0 fully saturated rings. The Labute approximate surface area is 146 Å². The van der Waals surface area contributed by atoms with E-state index in [-0.39, 0.29) is 17.5 Å². The molecule has 134 valence electrons. The summed E-state index contributed by atoms with van der Waals surface area (Å²) in [4.78, 5) is 28.5. The van der Waals surface area contributed by atoms with Crippen molar-refractivity contribution in [3.05, 3.63) is 53.7 Å². The van der Waals surface area contributed by atoms with Gasteiger partial charge in [0.2, 0.25) is 5.89 Å². The number of carbonyl (C=O) groups excluding carboxylic acids is 2. The maximum absolute atomic E-state index is 12.4. The molecule has 7 heteroatoms. The van der Waals surface area contributed by atoms with Crippen molar-refractivity contribution in [3.63, 3.8) is 0 Å². The number of esters is 1. The molecule has 0 saturated carbocycles. The molecule has 25 heavy (non-hydrogen) atoms. The van der Waals surface area contributed by atoms with Gasteiger partial charge in [-0.25, -0.2) is 9.78 Å². The second kappa shape index (κ2) is 8.43. The van der Waals surface area contributed by atoms with Gasteiger partial charge in [0, 0.05) is 6.42 Å². The van der Waals surface area contributed by atoms with Crippen LogP contribution in [0.15, 0.2) is 41.0 Å². The third kappa shape index (κ3) is 4.90. The van der Waals surface area contributed by atoms with Gasteiger partial charge in [0.05, 0.1) is 13.2 Å². The standard InChI is InChI=1S/C18H23N3O4/c1-11(2)15(19)17-21-14(10-25-17)16(22)20-13(18(23)24-3)9-12-7-5-4-6-8-12/h4-8,10-11,13,15H,9,19H2,1-3H3,(H,20,22). The van der Waals surface area contributed by atoms with Crippen LogP contribution in [-0.2, 0) is 16.0 Å². The molecule has 2 unspecified atom stereocenters. The lowest BCUT2D eigenvalue weighted by Gasteiger charge is -2.15. The lowest BCUT2D eigenvalue weighted by atomic mass is 10.1. The summed E-state index contributed by atoms with van der Waals surface area (Å²) in [5.74, 6) is -0.634. The number of amides is 1. The normalized spacial score (nSPS) is 13.3. The van der Waals surface area contributed by atoms with E-state index in [1.165, 1.54) is 13.4 Å². The summed E-state index contributed by atoms with van der Waals surface area (Å²) in [7, 11) is 1.28. The zero-order valence-corrected chi connectivity index (χ0v) is 14.6. The van der Waals surface area contributed by atoms with Crippen molar-refractivity contribution < 1.29 is 18.7 Å². The molecule has 1 heterocycles. The highest BCUT2D eigenvalue weighted by Crippen LogP contribution is 2.18. The number of oxazole rings is 1. The summed E-state index contributed by atoms with van der Waals surface area (Å²) >= 11 is 0. The Morgan fingerprint density at radius 2 is 1.96 bits per heavy atom. The number of rotatable bonds is 7. The van der Waals surface area contributed by atoms with Gasteiger partial charge in [-0.15, -0.1) is 0 Å². The fourth-order valence-corrected chi connectivity index (χ4v) is 2.25. The number of ether oxygens (including phenoxy) is 1. The molecule has 0 aliphatic rings. The summed E-state index contributed by atoms with van der Waals surface area (Å²) in [6.07, 6.45) is 1.55. The number of hydrogen-bond acceptors (Lipinski definition) is 6. The first kappa shape index (κ1) is 18.7. The molecule has 0 bridgehead atoms. The molecule has 0 aliphatic carbocycles. The molecule has 2 aromatic rings. The van der Waals surface area contributed by atoms with Crippen molar-refractivity contribution >= 4 is 11.9 Å². The second-order valence-corrected chi connectivity index (χ2v) is 6.08. The highest BCUT2D eigenvalue weighted by Gasteiger charge is 2.25. The van der Waals surface area contributed by atoms with Gasteiger partial charge in [-0.1, -0.05) is 44.2 Å². The Kier molecular flexibility index (Phi) is 6.30. The van der Waals surface area contributed by atoms with Crippen molar-refractivity contribution in [2.75, 3.05) is 7.11 Å². The summed E-state index contributed by atoms with van der Waals surface area (Å²) in [6.45, 7) is 3.86. The minimum absolute atomic E-state index is 0.0769. The number of carbonyl (C=O) groups is 2. The number of benzene rings is 1. The zero-order valence-electron chi connectivity index (χ0n) is 14.6. The van der Waals surface area contributed by atoms with E-state index in [4.69, 9.17) is 14.9 Å². The fourth-order valence-electron chi connectivity index (χ4n) is 2.25. The maximum Gasteiger partial charge on any atom is 0.328 e. The van der Waals surface area contributed by atoms with Crippen LogP contribution in [0.3, 0.4) is 0 Å². The maximum atomic E-state index is 12.4. The molecule has 7 nitrogen and oxygen atoms in total. The van der Waals surface area contributed by atoms with E-state index < -0.39 is 24.0 Å². The van der Waals surface area contributed by atoms with Crippen LogP contribution in [0.4, 0.5) is 0 Å². The quantitative estimate of drug-likeness (QED) is 0.742. The van der Waals surface area contributed by atoms with Crippen LogP contribution >= 0.6 is 0 Å². The summed E-state index contributed by atoms with van der Waals surface area (Å²) in [6, 6.07) is 8.13. The van der Waals surface area contributed by atoms with E-state index in [1.807, 2.05) is 44.2 Å². The molecule has 1 aromatic heterocycles. The Hall–Kier alpha value is -2.67. The van der Waals surface area contributed by atoms with Crippen molar-refractivity contribution in [1.29, 1.82) is 0 Å². The predicted molar refractivity (Wildman–Crippen MR) is 91.7 cm³/mol. The SMILES string of the molecule is COC(=O)C(Cc1ccccc1)NC(=O)c1coc(C(N)C(C)C)n1. The first-order valence-corrected chi connectivity index (χ1v) is 8.06. The third-order valence-electron chi connectivity index (χ3n) is 3.83. The molecule has 2 atom stereocenters. The van der Waals surface area contributed by atoms with Crippen molar-refractivity contribution in [2.24, 2.45) is 11.7 Å². The number of methoxy groups -OCH3 is 1. The van der Waals surface area contributed by atoms with Gasteiger partial charge < -0.3 is 20.2 Å². The number of aromatic nitrogens is 1. The molecule has 2 rings (SSSR count). The lowest BCUT2D eigenvalue weighted by molar-refractivity contribution is -0.142. The van der Waals surface area contributed by atoms with Crippen LogP contribution in [-0.4, -0.2) is 30.0 Å². The Balaban J connectivity index is 2.10. The zero-order chi connectivity index (χ0) is 18.4. The average Bonchev–Trinajstić information content (AvgIpc) is 3.10. The van der Waals surface area contributed by atoms with Crippen LogP contribution in [0, 0.1) is 5.92 Å². The Morgan fingerprint density at radius 1 is 1.28 bits per heavy atom. The van der Waals surface area contributed by atoms with E-state index in [1.54, 1.807) is 0 Å². The van der Waals surface area contributed by atoms with Gasteiger partial charge in [-0.3, -0.25) is 4.79 Å². The third-order valence-corrected chi connectivity index (χ3v) is 3.83. The Bertz CT molecular complexity index is 712. The van der Waals surface area contributed by atoms with Gasteiger partial charge >= 0.3 is 5.97 Å². The van der Waals surface area contributed by atoms with Gasteiger partial charge in [0.25, 0.3) is 5.91 Å². The van der Waals surface area contributed by atoms with Gasteiger partial charge in [0.15, 0.2) is 5.69 Å².